The topological polar surface area (TPSA) is 82.1 Å². The molecule has 0 aliphatic heterocycles. The Morgan fingerprint density at radius 2 is 1.65 bits per heavy atom. The predicted octanol–water partition coefficient (Wildman–Crippen LogP) is 1.08. The van der Waals surface area contributed by atoms with Gasteiger partial charge in [-0.15, -0.1) is 0 Å². The van der Waals surface area contributed by atoms with Gasteiger partial charge in [-0.05, 0) is 13.3 Å². The van der Waals surface area contributed by atoms with Crippen molar-refractivity contribution in [3.63, 3.8) is 0 Å². The van der Waals surface area contributed by atoms with Crippen molar-refractivity contribution in [2.45, 2.75) is 26.7 Å². The lowest BCUT2D eigenvalue weighted by Gasteiger charge is -2.02. The maximum atomic E-state index is 10.1. The molecule has 0 bridgehead atoms. The van der Waals surface area contributed by atoms with Crippen LogP contribution in [0.3, 0.4) is 0 Å². The molecule has 0 radical (unpaired) electrons. The van der Waals surface area contributed by atoms with Crippen LogP contribution in [0.2, 0.25) is 0 Å². The molecule has 0 amide bonds. The van der Waals surface area contributed by atoms with Gasteiger partial charge >= 0.3 is 11.9 Å². The SMILES string of the molecule is CCOCCOCCCC(=O)O.COC(C)=O. The van der Waals surface area contributed by atoms with E-state index in [4.69, 9.17) is 14.6 Å². The molecule has 0 aliphatic carbocycles. The van der Waals surface area contributed by atoms with Crippen LogP contribution < -0.4 is 0 Å². The Kier molecular flexibility index (Phi) is 15.9. The molecular formula is C11H22O6. The lowest BCUT2D eigenvalue weighted by Crippen LogP contribution is -2.06. The van der Waals surface area contributed by atoms with E-state index in [0.29, 0.717) is 32.8 Å². The summed E-state index contributed by atoms with van der Waals surface area (Å²) in [6.07, 6.45) is 0.746. The molecule has 0 atom stereocenters. The Morgan fingerprint density at radius 1 is 1.12 bits per heavy atom. The van der Waals surface area contributed by atoms with Crippen molar-refractivity contribution in [1.29, 1.82) is 0 Å². The fourth-order valence-electron chi connectivity index (χ4n) is 0.690. The molecule has 6 nitrogen and oxygen atoms in total. The summed E-state index contributed by atoms with van der Waals surface area (Å²) >= 11 is 0. The first-order valence-electron chi connectivity index (χ1n) is 5.46. The van der Waals surface area contributed by atoms with Crippen molar-refractivity contribution in [3.05, 3.63) is 0 Å². The fourth-order valence-corrected chi connectivity index (χ4v) is 0.690. The number of carboxylic acid groups (broad SMARTS) is 1. The Hall–Kier alpha value is -1.14. The normalized spacial score (nSPS) is 9.12. The third kappa shape index (κ3) is 25.3. The summed E-state index contributed by atoms with van der Waals surface area (Å²) < 4.78 is 14.2. The second-order valence-electron chi connectivity index (χ2n) is 3.00. The predicted molar refractivity (Wildman–Crippen MR) is 61.9 cm³/mol. The summed E-state index contributed by atoms with van der Waals surface area (Å²) in [5, 5.41) is 8.27. The molecule has 1 N–H and O–H groups in total. The number of carbonyl (C=O) groups is 2. The maximum Gasteiger partial charge on any atom is 0.303 e. The largest absolute Gasteiger partial charge is 0.481 e. The smallest absolute Gasteiger partial charge is 0.303 e. The van der Waals surface area contributed by atoms with Crippen molar-refractivity contribution in [2.75, 3.05) is 33.5 Å². The molecule has 0 saturated carbocycles. The summed E-state index contributed by atoms with van der Waals surface area (Å²) in [6.45, 7) is 5.61. The molecule has 102 valence electrons. The van der Waals surface area contributed by atoms with Crippen LogP contribution in [0.25, 0.3) is 0 Å². The number of esters is 1. The summed E-state index contributed by atoms with van der Waals surface area (Å²) in [5.41, 5.74) is 0. The number of hydrogen-bond donors (Lipinski definition) is 1. The van der Waals surface area contributed by atoms with Crippen LogP contribution in [0, 0.1) is 0 Å². The van der Waals surface area contributed by atoms with E-state index in [1.165, 1.54) is 14.0 Å². The Balaban J connectivity index is 0. The van der Waals surface area contributed by atoms with E-state index in [2.05, 4.69) is 4.74 Å². The van der Waals surface area contributed by atoms with Gasteiger partial charge in [0.05, 0.1) is 20.3 Å². The monoisotopic (exact) mass is 250 g/mol. The van der Waals surface area contributed by atoms with Crippen molar-refractivity contribution in [1.82, 2.24) is 0 Å². The van der Waals surface area contributed by atoms with Gasteiger partial charge < -0.3 is 19.3 Å². The number of rotatable bonds is 8. The molecule has 17 heavy (non-hydrogen) atoms. The van der Waals surface area contributed by atoms with E-state index in [1.54, 1.807) is 0 Å². The Bertz CT molecular complexity index is 192. The zero-order valence-corrected chi connectivity index (χ0v) is 10.7. The summed E-state index contributed by atoms with van der Waals surface area (Å²) in [5.74, 6) is -1.02. The quantitative estimate of drug-likeness (QED) is 0.513. The second-order valence-corrected chi connectivity index (χ2v) is 3.00. The first-order chi connectivity index (χ1) is 8.04. The Labute approximate surface area is 102 Å². The molecular weight excluding hydrogens is 228 g/mol. The Morgan fingerprint density at radius 3 is 2.06 bits per heavy atom. The minimum absolute atomic E-state index is 0.175. The van der Waals surface area contributed by atoms with Gasteiger partial charge in [0.15, 0.2) is 0 Å². The number of aliphatic carboxylic acids is 1. The van der Waals surface area contributed by atoms with Gasteiger partial charge in [0.2, 0.25) is 0 Å². The first-order valence-corrected chi connectivity index (χ1v) is 5.46. The highest BCUT2D eigenvalue weighted by Gasteiger charge is 1.95. The minimum atomic E-state index is -0.775. The minimum Gasteiger partial charge on any atom is -0.481 e. The maximum absolute atomic E-state index is 10.1. The molecule has 0 saturated heterocycles. The van der Waals surface area contributed by atoms with E-state index in [9.17, 15) is 9.59 Å². The average Bonchev–Trinajstić information content (AvgIpc) is 2.28. The molecule has 0 fully saturated rings. The molecule has 0 heterocycles. The summed E-state index contributed by atoms with van der Waals surface area (Å²) in [7, 11) is 1.35. The zero-order valence-electron chi connectivity index (χ0n) is 10.7. The molecule has 0 spiro atoms. The highest BCUT2D eigenvalue weighted by atomic mass is 16.5. The highest BCUT2D eigenvalue weighted by Crippen LogP contribution is 1.89. The molecule has 0 rings (SSSR count). The van der Waals surface area contributed by atoms with Gasteiger partial charge in [-0.3, -0.25) is 9.59 Å². The molecule has 6 heteroatoms. The van der Waals surface area contributed by atoms with Gasteiger partial charge in [0.25, 0.3) is 0 Å². The van der Waals surface area contributed by atoms with Crippen molar-refractivity contribution >= 4 is 11.9 Å². The number of methoxy groups -OCH3 is 1. The number of ether oxygens (including phenoxy) is 3. The third-order valence-electron chi connectivity index (χ3n) is 1.54. The highest BCUT2D eigenvalue weighted by molar-refractivity contribution is 5.66. The summed E-state index contributed by atoms with van der Waals surface area (Å²) in [4.78, 5) is 19.6. The molecule has 0 unspecified atom stereocenters. The van der Waals surface area contributed by atoms with Crippen molar-refractivity contribution in [3.8, 4) is 0 Å². The lowest BCUT2D eigenvalue weighted by molar-refractivity contribution is -0.138. The van der Waals surface area contributed by atoms with Crippen LogP contribution >= 0.6 is 0 Å². The van der Waals surface area contributed by atoms with Gasteiger partial charge in [0, 0.05) is 26.6 Å². The van der Waals surface area contributed by atoms with E-state index in [-0.39, 0.29) is 12.4 Å². The van der Waals surface area contributed by atoms with Crippen LogP contribution in [0.4, 0.5) is 0 Å². The van der Waals surface area contributed by atoms with E-state index in [1.807, 2.05) is 6.92 Å². The van der Waals surface area contributed by atoms with Crippen LogP contribution in [0.5, 0.6) is 0 Å². The van der Waals surface area contributed by atoms with Gasteiger partial charge in [-0.1, -0.05) is 0 Å². The number of carboxylic acids is 1. The molecule has 0 aromatic rings. The second kappa shape index (κ2) is 14.9. The molecule has 0 aromatic carbocycles. The van der Waals surface area contributed by atoms with Crippen LogP contribution in [0.1, 0.15) is 26.7 Å². The van der Waals surface area contributed by atoms with Crippen LogP contribution in [-0.4, -0.2) is 50.6 Å². The first kappa shape index (κ1) is 18.2. The number of carbonyl (C=O) groups excluding carboxylic acids is 1. The van der Waals surface area contributed by atoms with E-state index >= 15 is 0 Å². The zero-order chi connectivity index (χ0) is 13.5. The number of hydrogen-bond acceptors (Lipinski definition) is 5. The van der Waals surface area contributed by atoms with E-state index in [0.717, 1.165) is 0 Å². The summed E-state index contributed by atoms with van der Waals surface area (Å²) in [6, 6.07) is 0. The lowest BCUT2D eigenvalue weighted by atomic mass is 10.3. The third-order valence-corrected chi connectivity index (χ3v) is 1.54. The van der Waals surface area contributed by atoms with Crippen molar-refractivity contribution < 1.29 is 28.9 Å². The van der Waals surface area contributed by atoms with Gasteiger partial charge in [-0.2, -0.15) is 0 Å². The van der Waals surface area contributed by atoms with Gasteiger partial charge in [-0.25, -0.2) is 0 Å². The molecule has 0 aromatic heterocycles. The average molecular weight is 250 g/mol. The molecule has 0 aliphatic rings. The van der Waals surface area contributed by atoms with E-state index < -0.39 is 5.97 Å². The standard InChI is InChI=1S/C8H16O4.C3H6O2/c1-2-11-6-7-12-5-3-4-8(9)10;1-3(4)5-2/h2-7H2,1H3,(H,9,10);1-2H3. The van der Waals surface area contributed by atoms with Crippen LogP contribution in [0.15, 0.2) is 0 Å². The van der Waals surface area contributed by atoms with Gasteiger partial charge in [0.1, 0.15) is 0 Å². The van der Waals surface area contributed by atoms with Crippen molar-refractivity contribution in [2.24, 2.45) is 0 Å². The fraction of sp³-hybridized carbons (Fsp3) is 0.818. The van der Waals surface area contributed by atoms with Crippen LogP contribution in [-0.2, 0) is 23.8 Å².